The summed E-state index contributed by atoms with van der Waals surface area (Å²) in [6.45, 7) is 1.87. The van der Waals surface area contributed by atoms with Crippen molar-refractivity contribution in [1.29, 1.82) is 0 Å². The minimum absolute atomic E-state index is 0.0838. The number of carboxylic acid groups (broad SMARTS) is 1. The number of fused-ring (bicyclic) bond motifs is 2. The Balaban J connectivity index is 1.49. The highest BCUT2D eigenvalue weighted by atomic mass is 32.1. The summed E-state index contributed by atoms with van der Waals surface area (Å²) in [6.07, 6.45) is 5.02. The Labute approximate surface area is 150 Å². The first kappa shape index (κ1) is 16.3. The third kappa shape index (κ3) is 3.20. The molecule has 7 heteroatoms. The third-order valence-corrected chi connectivity index (χ3v) is 6.09. The summed E-state index contributed by atoms with van der Waals surface area (Å²) >= 11 is 1.59. The van der Waals surface area contributed by atoms with E-state index in [1.165, 1.54) is 24.0 Å². The van der Waals surface area contributed by atoms with E-state index in [0.717, 1.165) is 29.1 Å². The van der Waals surface area contributed by atoms with Gasteiger partial charge in [0.05, 0.1) is 35.8 Å². The first-order valence-corrected chi connectivity index (χ1v) is 9.65. The molecule has 1 aliphatic heterocycles. The molecular formula is C18H21N3O3S. The maximum atomic E-state index is 13.0. The Bertz CT molecular complexity index is 824. The number of hydrogen-bond donors (Lipinski definition) is 1. The van der Waals surface area contributed by atoms with E-state index in [9.17, 15) is 9.59 Å². The largest absolute Gasteiger partial charge is 0.481 e. The Morgan fingerprint density at radius 1 is 1.24 bits per heavy atom. The summed E-state index contributed by atoms with van der Waals surface area (Å²) in [7, 11) is 0. The van der Waals surface area contributed by atoms with Crippen LogP contribution in [0.15, 0.2) is 11.4 Å². The van der Waals surface area contributed by atoms with Crippen LogP contribution in [0.4, 0.5) is 0 Å². The average Bonchev–Trinajstić information content (AvgIpc) is 3.22. The van der Waals surface area contributed by atoms with E-state index >= 15 is 0 Å². The van der Waals surface area contributed by atoms with Crippen molar-refractivity contribution in [3.05, 3.63) is 38.8 Å². The van der Waals surface area contributed by atoms with Gasteiger partial charge in [0.15, 0.2) is 0 Å². The third-order valence-electron chi connectivity index (χ3n) is 5.03. The molecule has 3 heterocycles. The molecule has 2 aromatic rings. The minimum Gasteiger partial charge on any atom is -0.481 e. The number of rotatable bonds is 4. The number of amides is 1. The lowest BCUT2D eigenvalue weighted by Gasteiger charge is -2.28. The molecule has 132 valence electrons. The fourth-order valence-electron chi connectivity index (χ4n) is 3.70. The monoisotopic (exact) mass is 359 g/mol. The van der Waals surface area contributed by atoms with Gasteiger partial charge in [-0.15, -0.1) is 11.3 Å². The lowest BCUT2D eigenvalue weighted by Crippen LogP contribution is -2.38. The van der Waals surface area contributed by atoms with E-state index < -0.39 is 5.97 Å². The van der Waals surface area contributed by atoms with Gasteiger partial charge in [0, 0.05) is 13.0 Å². The molecule has 2 aromatic heterocycles. The SMILES string of the molecule is O=C(O)CCc1cc2n(n1)CCN(C(=O)c1scc3c1CCCC3)C2. The zero-order chi connectivity index (χ0) is 17.4. The summed E-state index contributed by atoms with van der Waals surface area (Å²) in [4.78, 5) is 26.5. The van der Waals surface area contributed by atoms with Crippen molar-refractivity contribution < 1.29 is 14.7 Å². The lowest BCUT2D eigenvalue weighted by atomic mass is 9.93. The number of carbonyl (C=O) groups excluding carboxylic acids is 1. The zero-order valence-corrected chi connectivity index (χ0v) is 14.8. The molecule has 2 aliphatic rings. The van der Waals surface area contributed by atoms with Crippen LogP contribution < -0.4 is 0 Å². The number of aryl methyl sites for hydroxylation is 2. The van der Waals surface area contributed by atoms with Crippen molar-refractivity contribution >= 4 is 23.2 Å². The molecule has 0 spiro atoms. The first-order chi connectivity index (χ1) is 12.1. The van der Waals surface area contributed by atoms with Crippen molar-refractivity contribution in [3.8, 4) is 0 Å². The molecule has 1 aliphatic carbocycles. The van der Waals surface area contributed by atoms with E-state index in [1.54, 1.807) is 11.3 Å². The maximum Gasteiger partial charge on any atom is 0.303 e. The van der Waals surface area contributed by atoms with Crippen LogP contribution in [0, 0.1) is 0 Å². The standard InChI is InChI=1S/C18H21N3O3S/c22-16(23)6-5-13-9-14-10-20(7-8-21(14)19-13)18(24)17-15-4-2-1-3-12(15)11-25-17/h9,11H,1-8,10H2,(H,22,23). The number of nitrogens with zero attached hydrogens (tertiary/aromatic N) is 3. The number of carbonyl (C=O) groups is 2. The summed E-state index contributed by atoms with van der Waals surface area (Å²) in [6, 6.07) is 1.94. The normalized spacial score (nSPS) is 16.4. The number of thiophene rings is 1. The second kappa shape index (κ2) is 6.63. The molecule has 0 unspecified atom stereocenters. The molecule has 0 radical (unpaired) electrons. The predicted molar refractivity (Wildman–Crippen MR) is 93.9 cm³/mol. The quantitative estimate of drug-likeness (QED) is 0.910. The van der Waals surface area contributed by atoms with E-state index in [-0.39, 0.29) is 12.3 Å². The zero-order valence-electron chi connectivity index (χ0n) is 14.0. The van der Waals surface area contributed by atoms with Crippen LogP contribution >= 0.6 is 11.3 Å². The van der Waals surface area contributed by atoms with Crippen molar-refractivity contribution in [1.82, 2.24) is 14.7 Å². The average molecular weight is 359 g/mol. The molecule has 0 aromatic carbocycles. The van der Waals surface area contributed by atoms with Gasteiger partial charge < -0.3 is 10.0 Å². The molecule has 4 rings (SSSR count). The van der Waals surface area contributed by atoms with Gasteiger partial charge in [0.2, 0.25) is 0 Å². The molecular weight excluding hydrogens is 338 g/mol. The molecule has 1 amide bonds. The second-order valence-corrected chi connectivity index (χ2v) is 7.63. The van der Waals surface area contributed by atoms with E-state index in [2.05, 4.69) is 10.5 Å². The highest BCUT2D eigenvalue weighted by molar-refractivity contribution is 7.12. The molecule has 0 saturated carbocycles. The molecule has 0 fully saturated rings. The van der Waals surface area contributed by atoms with E-state index in [1.807, 2.05) is 15.6 Å². The van der Waals surface area contributed by atoms with Crippen LogP contribution in [0.1, 0.15) is 51.4 Å². The lowest BCUT2D eigenvalue weighted by molar-refractivity contribution is -0.136. The molecule has 0 saturated heterocycles. The summed E-state index contributed by atoms with van der Waals surface area (Å²) in [5.74, 6) is -0.682. The van der Waals surface area contributed by atoms with Gasteiger partial charge in [-0.05, 0) is 48.3 Å². The van der Waals surface area contributed by atoms with Gasteiger partial charge in [0.1, 0.15) is 0 Å². The summed E-state index contributed by atoms with van der Waals surface area (Å²) in [5.41, 5.74) is 4.41. The van der Waals surface area contributed by atoms with Crippen molar-refractivity contribution in [2.24, 2.45) is 0 Å². The minimum atomic E-state index is -0.815. The topological polar surface area (TPSA) is 75.4 Å². The van der Waals surface area contributed by atoms with E-state index in [4.69, 9.17) is 5.11 Å². The smallest absolute Gasteiger partial charge is 0.303 e. The van der Waals surface area contributed by atoms with Crippen molar-refractivity contribution in [3.63, 3.8) is 0 Å². The van der Waals surface area contributed by atoms with Crippen LogP contribution in [0.3, 0.4) is 0 Å². The fourth-order valence-corrected chi connectivity index (χ4v) is 4.82. The van der Waals surface area contributed by atoms with Crippen LogP contribution in [0.25, 0.3) is 0 Å². The predicted octanol–water partition coefficient (Wildman–Crippen LogP) is 2.50. The molecule has 0 atom stereocenters. The van der Waals surface area contributed by atoms with E-state index in [0.29, 0.717) is 26.1 Å². The number of hydrogen-bond acceptors (Lipinski definition) is 4. The van der Waals surface area contributed by atoms with Crippen molar-refractivity contribution in [2.75, 3.05) is 6.54 Å². The summed E-state index contributed by atoms with van der Waals surface area (Å²) in [5, 5.41) is 15.4. The van der Waals surface area contributed by atoms with Crippen molar-refractivity contribution in [2.45, 2.75) is 51.6 Å². The van der Waals surface area contributed by atoms with Gasteiger partial charge in [0.25, 0.3) is 5.91 Å². The van der Waals surface area contributed by atoms with Crippen LogP contribution in [-0.4, -0.2) is 38.2 Å². The Morgan fingerprint density at radius 3 is 2.92 bits per heavy atom. The van der Waals surface area contributed by atoms with Crippen LogP contribution in [0.2, 0.25) is 0 Å². The van der Waals surface area contributed by atoms with Gasteiger partial charge >= 0.3 is 5.97 Å². The summed E-state index contributed by atoms with van der Waals surface area (Å²) < 4.78 is 1.91. The Hall–Kier alpha value is -2.15. The fraction of sp³-hybridized carbons (Fsp3) is 0.500. The molecule has 6 nitrogen and oxygen atoms in total. The van der Waals surface area contributed by atoms with Gasteiger partial charge in [-0.1, -0.05) is 0 Å². The van der Waals surface area contributed by atoms with Gasteiger partial charge in [-0.3, -0.25) is 14.3 Å². The van der Waals surface area contributed by atoms with Gasteiger partial charge in [-0.25, -0.2) is 0 Å². The second-order valence-electron chi connectivity index (χ2n) is 6.75. The number of aromatic nitrogens is 2. The first-order valence-electron chi connectivity index (χ1n) is 8.77. The highest BCUT2D eigenvalue weighted by Gasteiger charge is 2.27. The molecule has 0 bridgehead atoms. The highest BCUT2D eigenvalue weighted by Crippen LogP contribution is 2.31. The molecule has 25 heavy (non-hydrogen) atoms. The van der Waals surface area contributed by atoms with Gasteiger partial charge in [-0.2, -0.15) is 5.10 Å². The van der Waals surface area contributed by atoms with Crippen LogP contribution in [0.5, 0.6) is 0 Å². The van der Waals surface area contributed by atoms with Crippen LogP contribution in [-0.2, 0) is 37.1 Å². The Morgan fingerprint density at radius 2 is 2.08 bits per heavy atom. The Kier molecular flexibility index (Phi) is 4.33. The molecule has 1 N–H and O–H groups in total. The number of aliphatic carboxylic acids is 1. The number of carboxylic acids is 1. The maximum absolute atomic E-state index is 13.0.